The molecule has 2 atom stereocenters. The van der Waals surface area contributed by atoms with E-state index in [1.54, 1.807) is 31.3 Å². The molecule has 0 saturated heterocycles. The summed E-state index contributed by atoms with van der Waals surface area (Å²) in [5.41, 5.74) is 4.02. The number of hydrogen-bond acceptors (Lipinski definition) is 8. The fourth-order valence-electron chi connectivity index (χ4n) is 4.01. The Balaban J connectivity index is 1.48. The number of carbonyl (C=O) groups is 1. The molecular weight excluding hydrogens is 494 g/mol. The lowest BCUT2D eigenvalue weighted by Crippen LogP contribution is -2.33. The van der Waals surface area contributed by atoms with Crippen LogP contribution in [0.1, 0.15) is 41.6 Å². The Kier molecular flexibility index (Phi) is 8.74. The maximum absolute atomic E-state index is 12.4. The third kappa shape index (κ3) is 5.78. The number of carbonyl (C=O) groups excluding carboxylic acids is 1. The van der Waals surface area contributed by atoms with Crippen LogP contribution < -0.4 is 4.74 Å². The first kappa shape index (κ1) is 26.3. The highest BCUT2D eigenvalue weighted by molar-refractivity contribution is 7.17. The fraction of sp³-hybridized carbons (Fsp3) is 0.357. The average molecular weight is 526 g/mol. The molecule has 0 aliphatic rings. The Labute approximate surface area is 219 Å². The molecule has 0 saturated carbocycles. The van der Waals surface area contributed by atoms with Gasteiger partial charge in [-0.2, -0.15) is 0 Å². The number of aryl methyl sites for hydroxylation is 2. The van der Waals surface area contributed by atoms with Crippen molar-refractivity contribution in [1.82, 2.24) is 4.98 Å². The van der Waals surface area contributed by atoms with Gasteiger partial charge in [-0.1, -0.05) is 35.9 Å². The summed E-state index contributed by atoms with van der Waals surface area (Å²) in [6, 6.07) is 14.0. The van der Waals surface area contributed by atoms with Gasteiger partial charge in [0.2, 0.25) is 0 Å². The molecular formula is C28H31NO5S2. The first-order valence-corrected chi connectivity index (χ1v) is 13.7. The molecule has 2 aromatic carbocycles. The van der Waals surface area contributed by atoms with E-state index >= 15 is 0 Å². The minimum Gasteiger partial charge on any atom is -0.493 e. The van der Waals surface area contributed by atoms with E-state index in [1.165, 1.54) is 21.8 Å². The summed E-state index contributed by atoms with van der Waals surface area (Å²) in [5.74, 6) is 0.165. The summed E-state index contributed by atoms with van der Waals surface area (Å²) in [4.78, 5) is 18.4. The van der Waals surface area contributed by atoms with E-state index in [2.05, 4.69) is 38.1 Å². The summed E-state index contributed by atoms with van der Waals surface area (Å²) in [5, 5.41) is 14.9. The second-order valence-corrected chi connectivity index (χ2v) is 10.5. The Morgan fingerprint density at radius 1 is 1.06 bits per heavy atom. The SMILES string of the molecule is CCOC(=O)C(OCC)C(O)c1ccc(OCCc2nc(-c3ccc(C)cc3)sc2C)c2ccsc12. The van der Waals surface area contributed by atoms with Crippen molar-refractivity contribution in [3.63, 3.8) is 0 Å². The number of rotatable bonds is 11. The van der Waals surface area contributed by atoms with Crippen molar-refractivity contribution in [2.45, 2.75) is 46.3 Å². The predicted molar refractivity (Wildman–Crippen MR) is 145 cm³/mol. The number of hydrogen-bond donors (Lipinski definition) is 1. The highest BCUT2D eigenvalue weighted by atomic mass is 32.1. The number of thiophene rings is 1. The van der Waals surface area contributed by atoms with Gasteiger partial charge in [-0.3, -0.25) is 0 Å². The van der Waals surface area contributed by atoms with Crippen molar-refractivity contribution in [2.75, 3.05) is 19.8 Å². The minimum atomic E-state index is -1.14. The maximum atomic E-state index is 12.4. The molecule has 0 radical (unpaired) electrons. The second-order valence-electron chi connectivity index (χ2n) is 8.38. The van der Waals surface area contributed by atoms with Gasteiger partial charge >= 0.3 is 5.97 Å². The lowest BCUT2D eigenvalue weighted by Gasteiger charge is -2.22. The van der Waals surface area contributed by atoms with E-state index in [-0.39, 0.29) is 13.2 Å². The number of aliphatic hydroxyl groups is 1. The first-order valence-electron chi connectivity index (χ1n) is 12.1. The summed E-state index contributed by atoms with van der Waals surface area (Å²) in [6.45, 7) is 8.68. The molecule has 0 spiro atoms. The molecule has 190 valence electrons. The summed E-state index contributed by atoms with van der Waals surface area (Å²) >= 11 is 3.19. The third-order valence-electron chi connectivity index (χ3n) is 5.87. The van der Waals surface area contributed by atoms with E-state index in [0.29, 0.717) is 18.6 Å². The summed E-state index contributed by atoms with van der Waals surface area (Å²) in [7, 11) is 0. The van der Waals surface area contributed by atoms with Crippen molar-refractivity contribution in [3.05, 3.63) is 69.5 Å². The van der Waals surface area contributed by atoms with Crippen LogP contribution in [-0.2, 0) is 20.7 Å². The zero-order valence-electron chi connectivity index (χ0n) is 20.9. The molecule has 36 heavy (non-hydrogen) atoms. The van der Waals surface area contributed by atoms with E-state index in [0.717, 1.165) is 32.1 Å². The molecule has 2 heterocycles. The molecule has 0 bridgehead atoms. The fourth-order valence-corrected chi connectivity index (χ4v) is 5.93. The topological polar surface area (TPSA) is 77.9 Å². The van der Waals surface area contributed by atoms with Gasteiger partial charge in [-0.05, 0) is 45.2 Å². The Hall–Kier alpha value is -2.78. The van der Waals surface area contributed by atoms with Crippen molar-refractivity contribution < 1.29 is 24.1 Å². The second kappa shape index (κ2) is 12.0. The van der Waals surface area contributed by atoms with Crippen LogP contribution in [-0.4, -0.2) is 42.0 Å². The molecule has 2 unspecified atom stereocenters. The number of thiazole rings is 1. The van der Waals surface area contributed by atoms with Crippen molar-refractivity contribution in [3.8, 4) is 16.3 Å². The van der Waals surface area contributed by atoms with Gasteiger partial charge in [-0.15, -0.1) is 22.7 Å². The number of aliphatic hydroxyl groups excluding tert-OH is 1. The van der Waals surface area contributed by atoms with E-state index in [9.17, 15) is 9.90 Å². The highest BCUT2D eigenvalue weighted by Crippen LogP contribution is 2.37. The monoisotopic (exact) mass is 525 g/mol. The van der Waals surface area contributed by atoms with Crippen molar-refractivity contribution in [1.29, 1.82) is 0 Å². The normalized spacial score (nSPS) is 13.0. The van der Waals surface area contributed by atoms with Gasteiger partial charge in [0.25, 0.3) is 0 Å². The van der Waals surface area contributed by atoms with Crippen molar-refractivity contribution >= 4 is 38.7 Å². The average Bonchev–Trinajstić information content (AvgIpc) is 3.50. The van der Waals surface area contributed by atoms with E-state index < -0.39 is 18.2 Å². The number of benzene rings is 2. The standard InChI is InChI=1S/C28H31NO5S2/c1-5-32-25(28(31)33-6-2)24(30)21-11-12-23(20-14-16-35-26(20)21)34-15-13-22-18(4)36-27(29-22)19-9-7-17(3)8-10-19/h7-12,14,16,24-25,30H,5-6,13,15H2,1-4H3. The van der Waals surface area contributed by atoms with Crippen LogP contribution in [0.3, 0.4) is 0 Å². The van der Waals surface area contributed by atoms with Crippen molar-refractivity contribution in [2.24, 2.45) is 0 Å². The van der Waals surface area contributed by atoms with E-state index in [4.69, 9.17) is 19.2 Å². The summed E-state index contributed by atoms with van der Waals surface area (Å²) in [6.07, 6.45) is -1.53. The van der Waals surface area contributed by atoms with Crippen LogP contribution in [0, 0.1) is 13.8 Å². The molecule has 0 fully saturated rings. The molecule has 0 aliphatic heterocycles. The van der Waals surface area contributed by atoms with Crippen LogP contribution in [0.2, 0.25) is 0 Å². The Morgan fingerprint density at radius 3 is 2.56 bits per heavy atom. The largest absolute Gasteiger partial charge is 0.493 e. The smallest absolute Gasteiger partial charge is 0.338 e. The molecule has 4 rings (SSSR count). The predicted octanol–water partition coefficient (Wildman–Crippen LogP) is 6.26. The molecule has 2 aromatic heterocycles. The maximum Gasteiger partial charge on any atom is 0.338 e. The molecule has 4 aromatic rings. The third-order valence-corrected chi connectivity index (χ3v) is 7.89. The van der Waals surface area contributed by atoms with Gasteiger partial charge in [0.05, 0.1) is 18.9 Å². The molecule has 1 N–H and O–H groups in total. The van der Waals surface area contributed by atoms with Crippen LogP contribution in [0.4, 0.5) is 0 Å². The highest BCUT2D eigenvalue weighted by Gasteiger charge is 2.31. The lowest BCUT2D eigenvalue weighted by atomic mass is 10.0. The Morgan fingerprint density at radius 2 is 1.83 bits per heavy atom. The molecule has 0 amide bonds. The lowest BCUT2D eigenvalue weighted by molar-refractivity contribution is -0.164. The molecule has 0 aliphatic carbocycles. The van der Waals surface area contributed by atoms with E-state index in [1.807, 2.05) is 17.5 Å². The number of fused-ring (bicyclic) bond motifs is 1. The minimum absolute atomic E-state index is 0.224. The molecule has 6 nitrogen and oxygen atoms in total. The van der Waals surface area contributed by atoms with Gasteiger partial charge in [-0.25, -0.2) is 9.78 Å². The first-order chi connectivity index (χ1) is 17.4. The van der Waals surface area contributed by atoms with Crippen LogP contribution in [0.15, 0.2) is 47.8 Å². The van der Waals surface area contributed by atoms with Gasteiger partial charge in [0, 0.05) is 39.1 Å². The van der Waals surface area contributed by atoms with Crippen LogP contribution in [0.5, 0.6) is 5.75 Å². The number of esters is 1. The quantitative estimate of drug-likeness (QED) is 0.233. The van der Waals surface area contributed by atoms with Gasteiger partial charge < -0.3 is 19.3 Å². The van der Waals surface area contributed by atoms with Crippen LogP contribution in [0.25, 0.3) is 20.7 Å². The number of nitrogens with zero attached hydrogens (tertiary/aromatic N) is 1. The number of ether oxygens (including phenoxy) is 3. The molecule has 8 heteroatoms. The summed E-state index contributed by atoms with van der Waals surface area (Å²) < 4.78 is 17.7. The van der Waals surface area contributed by atoms with Gasteiger partial charge in [0.1, 0.15) is 16.9 Å². The van der Waals surface area contributed by atoms with Crippen LogP contribution >= 0.6 is 22.7 Å². The zero-order valence-corrected chi connectivity index (χ0v) is 22.6. The Bertz CT molecular complexity index is 1310. The number of aromatic nitrogens is 1. The zero-order chi connectivity index (χ0) is 25.7. The van der Waals surface area contributed by atoms with Gasteiger partial charge in [0.15, 0.2) is 6.10 Å².